The fraction of sp³-hybridized carbons (Fsp3) is 0.382. The van der Waals surface area contributed by atoms with E-state index in [9.17, 15) is 33.2 Å². The third-order valence-electron chi connectivity index (χ3n) is 8.56. The fourth-order valence-corrected chi connectivity index (χ4v) is 6.08. The van der Waals surface area contributed by atoms with Crippen LogP contribution < -0.4 is 9.47 Å². The molecule has 250 valence electrons. The number of ether oxygens (including phenoxy) is 2. The van der Waals surface area contributed by atoms with Gasteiger partial charge in [-0.2, -0.15) is 13.2 Å². The molecule has 2 N–H and O–H groups in total. The van der Waals surface area contributed by atoms with Crippen molar-refractivity contribution < 1.29 is 42.6 Å². The number of likely N-dealkylation sites (tertiary alicyclic amines) is 1. The Hall–Kier alpha value is -4.62. The van der Waals surface area contributed by atoms with Crippen molar-refractivity contribution in [3.05, 3.63) is 99.7 Å². The van der Waals surface area contributed by atoms with Gasteiger partial charge in [-0.25, -0.2) is 0 Å². The summed E-state index contributed by atoms with van der Waals surface area (Å²) < 4.78 is 58.0. The topological polar surface area (TPSA) is 127 Å². The van der Waals surface area contributed by atoms with Crippen molar-refractivity contribution in [3.63, 3.8) is 0 Å². The molecule has 47 heavy (non-hydrogen) atoms. The van der Waals surface area contributed by atoms with Crippen LogP contribution in [0.1, 0.15) is 42.4 Å². The number of nitro benzene ring substituents is 1. The number of β-amino-alcohol motifs (C(OH)–C–C–N with tert-alkyl or cyclic N) is 1. The number of aromatic nitrogens is 1. The third kappa shape index (κ3) is 7.68. The number of alkyl halides is 3. The number of nitro groups is 1. The molecule has 5 rings (SSSR count). The number of hydrogen-bond acceptors (Lipinski definition) is 7. The van der Waals surface area contributed by atoms with E-state index in [1.165, 1.54) is 30.0 Å². The second-order valence-corrected chi connectivity index (χ2v) is 11.8. The molecule has 0 amide bonds. The molecule has 2 heterocycles. The lowest BCUT2D eigenvalue weighted by molar-refractivity contribution is -0.384. The van der Waals surface area contributed by atoms with Gasteiger partial charge in [0, 0.05) is 55.3 Å². The molecular formula is C34H36F3N3O7. The van der Waals surface area contributed by atoms with Crippen LogP contribution in [0.4, 0.5) is 18.9 Å². The number of carbonyl (C=O) groups is 1. The van der Waals surface area contributed by atoms with Crippen molar-refractivity contribution in [1.29, 1.82) is 0 Å². The molecule has 4 aromatic rings. The second-order valence-electron chi connectivity index (χ2n) is 11.8. The van der Waals surface area contributed by atoms with Crippen LogP contribution >= 0.6 is 0 Å². The number of aryl methyl sites for hydroxylation is 1. The SMILES string of the molecule is COc1cc(CCC(=O)O)ccc1OC1CCCN(CC(O)(c2cn(Cc3ccccc3)c3cc([N+](=O)[O-])ccc23)C(F)(F)F)CC1. The smallest absolute Gasteiger partial charge is 0.422 e. The van der Waals surface area contributed by atoms with Crippen LogP contribution in [0.25, 0.3) is 10.9 Å². The molecule has 2 unspecified atom stereocenters. The van der Waals surface area contributed by atoms with Crippen molar-refractivity contribution >= 4 is 22.6 Å². The van der Waals surface area contributed by atoms with E-state index in [0.717, 1.165) is 17.2 Å². The van der Waals surface area contributed by atoms with Crippen LogP contribution in [0, 0.1) is 10.1 Å². The summed E-state index contributed by atoms with van der Waals surface area (Å²) in [6.45, 7) is -0.0702. The number of nitrogens with zero attached hydrogens (tertiary/aromatic N) is 3. The molecular weight excluding hydrogens is 619 g/mol. The molecule has 0 bridgehead atoms. The van der Waals surface area contributed by atoms with Crippen LogP contribution in [0.5, 0.6) is 11.5 Å². The zero-order valence-electron chi connectivity index (χ0n) is 25.8. The highest BCUT2D eigenvalue weighted by atomic mass is 19.4. The number of benzene rings is 3. The van der Waals surface area contributed by atoms with Gasteiger partial charge in [-0.15, -0.1) is 0 Å². The summed E-state index contributed by atoms with van der Waals surface area (Å²) in [5.41, 5.74) is -2.13. The quantitative estimate of drug-likeness (QED) is 0.134. The van der Waals surface area contributed by atoms with E-state index in [2.05, 4.69) is 0 Å². The van der Waals surface area contributed by atoms with Gasteiger partial charge < -0.3 is 24.3 Å². The fourth-order valence-electron chi connectivity index (χ4n) is 6.08. The highest BCUT2D eigenvalue weighted by Crippen LogP contribution is 2.44. The Morgan fingerprint density at radius 2 is 1.79 bits per heavy atom. The van der Waals surface area contributed by atoms with Gasteiger partial charge in [0.05, 0.1) is 17.5 Å². The Labute approximate surface area is 269 Å². The van der Waals surface area contributed by atoms with E-state index >= 15 is 0 Å². The summed E-state index contributed by atoms with van der Waals surface area (Å²) in [5, 5.41) is 32.2. The van der Waals surface area contributed by atoms with E-state index in [4.69, 9.17) is 14.6 Å². The first-order valence-electron chi connectivity index (χ1n) is 15.3. The average Bonchev–Trinajstić information content (AvgIpc) is 3.25. The summed E-state index contributed by atoms with van der Waals surface area (Å²) in [7, 11) is 1.48. The summed E-state index contributed by atoms with van der Waals surface area (Å²) in [5.74, 6) is -0.0173. The van der Waals surface area contributed by atoms with Gasteiger partial charge in [-0.05, 0) is 61.6 Å². The van der Waals surface area contributed by atoms with E-state index < -0.39 is 29.2 Å². The van der Waals surface area contributed by atoms with Gasteiger partial charge in [-0.1, -0.05) is 36.4 Å². The zero-order valence-corrected chi connectivity index (χ0v) is 25.8. The molecule has 0 radical (unpaired) electrons. The molecule has 10 nitrogen and oxygen atoms in total. The van der Waals surface area contributed by atoms with Crippen molar-refractivity contribution in [2.75, 3.05) is 26.7 Å². The molecule has 0 spiro atoms. The van der Waals surface area contributed by atoms with Crippen molar-refractivity contribution in [1.82, 2.24) is 9.47 Å². The number of methoxy groups -OCH3 is 1. The van der Waals surface area contributed by atoms with Crippen LogP contribution in [-0.2, 0) is 23.4 Å². The Kier molecular flexibility index (Phi) is 10.1. The lowest BCUT2D eigenvalue weighted by Gasteiger charge is -2.35. The Morgan fingerprint density at radius 1 is 1.02 bits per heavy atom. The van der Waals surface area contributed by atoms with Gasteiger partial charge in [0.25, 0.3) is 5.69 Å². The first kappa shape index (κ1) is 33.7. The van der Waals surface area contributed by atoms with E-state index in [1.54, 1.807) is 47.4 Å². The summed E-state index contributed by atoms with van der Waals surface area (Å²) in [6, 6.07) is 17.8. The van der Waals surface area contributed by atoms with Gasteiger partial charge >= 0.3 is 12.1 Å². The second kappa shape index (κ2) is 14.0. The maximum absolute atomic E-state index is 14.9. The van der Waals surface area contributed by atoms with Gasteiger partial charge in [0.15, 0.2) is 11.5 Å². The number of hydrogen-bond donors (Lipinski definition) is 2. The first-order chi connectivity index (χ1) is 22.4. The number of halogens is 3. The van der Waals surface area contributed by atoms with Crippen LogP contribution in [0.2, 0.25) is 0 Å². The maximum atomic E-state index is 14.9. The molecule has 1 aliphatic rings. The lowest BCUT2D eigenvalue weighted by Crippen LogP contribution is -2.51. The van der Waals surface area contributed by atoms with Gasteiger partial charge in [0.2, 0.25) is 5.60 Å². The Morgan fingerprint density at radius 3 is 2.47 bits per heavy atom. The highest BCUT2D eigenvalue weighted by molar-refractivity contribution is 5.87. The normalized spacial score (nSPS) is 17.2. The molecule has 0 aliphatic carbocycles. The molecule has 1 aliphatic heterocycles. The number of carboxylic acid groups (broad SMARTS) is 1. The third-order valence-corrected chi connectivity index (χ3v) is 8.56. The Bertz CT molecular complexity index is 1730. The number of rotatable bonds is 12. The van der Waals surface area contributed by atoms with Crippen LogP contribution in [-0.4, -0.2) is 69.6 Å². The highest BCUT2D eigenvalue weighted by Gasteiger charge is 2.57. The molecule has 1 saturated heterocycles. The Balaban J connectivity index is 1.38. The zero-order chi connectivity index (χ0) is 33.8. The summed E-state index contributed by atoms with van der Waals surface area (Å²) >= 11 is 0. The molecule has 2 atom stereocenters. The largest absolute Gasteiger partial charge is 0.493 e. The van der Waals surface area contributed by atoms with E-state index in [0.29, 0.717) is 37.2 Å². The standard InChI is InChI=1S/C34H36F3N3O7/c1-46-31-18-23(10-14-32(41)42)9-13-30(31)47-26-8-5-16-38(17-15-26)22-33(43,34(35,36)37)28-21-39(20-24-6-3-2-4-7-24)29-19-25(40(44)45)11-12-27(28)29/h2-4,6-7,9,11-13,18-19,21,26,43H,5,8,10,14-17,20,22H2,1H3,(H,41,42). The molecule has 13 heteroatoms. The van der Waals surface area contributed by atoms with E-state index in [1.807, 2.05) is 6.07 Å². The minimum absolute atomic E-state index is 0.0282. The number of carboxylic acids is 1. The van der Waals surface area contributed by atoms with Gasteiger partial charge in [0.1, 0.15) is 6.10 Å². The van der Waals surface area contributed by atoms with Crippen LogP contribution in [0.3, 0.4) is 0 Å². The van der Waals surface area contributed by atoms with Gasteiger partial charge in [-0.3, -0.25) is 19.8 Å². The minimum Gasteiger partial charge on any atom is -0.493 e. The monoisotopic (exact) mass is 655 g/mol. The lowest BCUT2D eigenvalue weighted by atomic mass is 9.91. The molecule has 1 aromatic heterocycles. The summed E-state index contributed by atoms with van der Waals surface area (Å²) in [4.78, 5) is 23.5. The number of non-ortho nitro benzene ring substituents is 1. The van der Waals surface area contributed by atoms with Crippen LogP contribution in [0.15, 0.2) is 72.9 Å². The molecule has 0 saturated carbocycles. The minimum atomic E-state index is -5.06. The number of aliphatic carboxylic acids is 1. The predicted octanol–water partition coefficient (Wildman–Crippen LogP) is 6.31. The molecule has 3 aromatic carbocycles. The summed E-state index contributed by atoms with van der Waals surface area (Å²) in [6.07, 6.45) is -2.37. The number of aliphatic hydroxyl groups is 1. The van der Waals surface area contributed by atoms with Crippen molar-refractivity contribution in [3.8, 4) is 11.5 Å². The van der Waals surface area contributed by atoms with E-state index in [-0.39, 0.29) is 54.3 Å². The first-order valence-corrected chi connectivity index (χ1v) is 15.3. The van der Waals surface area contributed by atoms with Crippen molar-refractivity contribution in [2.45, 2.75) is 56.5 Å². The average molecular weight is 656 g/mol. The predicted molar refractivity (Wildman–Crippen MR) is 168 cm³/mol. The molecule has 1 fully saturated rings. The van der Waals surface area contributed by atoms with Crippen molar-refractivity contribution in [2.24, 2.45) is 0 Å². The number of fused-ring (bicyclic) bond motifs is 1. The maximum Gasteiger partial charge on any atom is 0.422 e.